The summed E-state index contributed by atoms with van der Waals surface area (Å²) >= 11 is 0. The van der Waals surface area contributed by atoms with E-state index in [4.69, 9.17) is 5.53 Å². The maximum Gasteiger partial charge on any atom is 0.359 e. The van der Waals surface area contributed by atoms with Crippen LogP contribution in [0.2, 0.25) is 0 Å². The molecule has 0 aliphatic rings. The van der Waals surface area contributed by atoms with Gasteiger partial charge in [-0.3, -0.25) is 14.4 Å². The molecule has 16 heavy (non-hydrogen) atoms. The molecule has 0 aliphatic carbocycles. The van der Waals surface area contributed by atoms with Gasteiger partial charge in [0.05, 0.1) is 14.2 Å². The third-order valence-electron chi connectivity index (χ3n) is 1.86. The third-order valence-corrected chi connectivity index (χ3v) is 1.86. The van der Waals surface area contributed by atoms with Crippen LogP contribution in [-0.4, -0.2) is 42.4 Å². The Bertz CT molecular complexity index is 341. The van der Waals surface area contributed by atoms with Crippen LogP contribution in [0.5, 0.6) is 0 Å². The van der Waals surface area contributed by atoms with E-state index >= 15 is 0 Å². The Labute approximate surface area is 92.0 Å². The largest absolute Gasteiger partial charge is 0.468 e. The Morgan fingerprint density at radius 1 is 1.19 bits per heavy atom. The molecule has 0 aromatic rings. The molecule has 0 aromatic heterocycles. The lowest BCUT2D eigenvalue weighted by Gasteiger charge is -2.07. The van der Waals surface area contributed by atoms with Gasteiger partial charge in [-0.1, -0.05) is 6.92 Å². The second kappa shape index (κ2) is 6.47. The van der Waals surface area contributed by atoms with E-state index in [1.165, 1.54) is 6.92 Å². The van der Waals surface area contributed by atoms with Gasteiger partial charge < -0.3 is 15.0 Å². The average Bonchev–Trinajstić information content (AvgIpc) is 2.32. The summed E-state index contributed by atoms with van der Waals surface area (Å²) in [6, 6.07) is 0. The Kier molecular flexibility index (Phi) is 5.66. The Morgan fingerprint density at radius 2 is 1.62 bits per heavy atom. The monoisotopic (exact) mass is 228 g/mol. The maximum absolute atomic E-state index is 11.3. The van der Waals surface area contributed by atoms with Crippen molar-refractivity contribution in [1.29, 1.82) is 0 Å². The summed E-state index contributed by atoms with van der Waals surface area (Å²) in [6.07, 6.45) is -0.0100. The van der Waals surface area contributed by atoms with E-state index in [9.17, 15) is 14.4 Å². The van der Waals surface area contributed by atoms with Gasteiger partial charge in [-0.2, -0.15) is 4.79 Å². The van der Waals surface area contributed by atoms with E-state index in [1.54, 1.807) is 0 Å². The molecule has 0 bridgehead atoms. The summed E-state index contributed by atoms with van der Waals surface area (Å²) in [6.45, 7) is 1.50. The van der Waals surface area contributed by atoms with E-state index < -0.39 is 29.4 Å². The predicted octanol–water partition coefficient (Wildman–Crippen LogP) is -0.402. The van der Waals surface area contributed by atoms with Crippen LogP contribution in [0.3, 0.4) is 0 Å². The number of esters is 2. The van der Waals surface area contributed by atoms with Crippen LogP contribution in [0.25, 0.3) is 5.53 Å². The molecule has 0 heterocycles. The molecule has 0 aliphatic heterocycles. The van der Waals surface area contributed by atoms with Gasteiger partial charge in [-0.25, -0.2) is 0 Å². The van der Waals surface area contributed by atoms with Crippen molar-refractivity contribution < 1.29 is 28.6 Å². The topological polar surface area (TPSA) is 106 Å². The van der Waals surface area contributed by atoms with Gasteiger partial charge in [0.15, 0.2) is 0 Å². The number of hydrogen-bond donors (Lipinski definition) is 0. The van der Waals surface area contributed by atoms with Gasteiger partial charge in [0, 0.05) is 6.42 Å². The normalized spacial score (nSPS) is 9.25. The first-order chi connectivity index (χ1) is 7.53. The van der Waals surface area contributed by atoms with Crippen molar-refractivity contribution >= 4 is 23.4 Å². The molecule has 0 saturated heterocycles. The van der Waals surface area contributed by atoms with E-state index in [2.05, 4.69) is 14.3 Å². The Morgan fingerprint density at radius 3 is 1.88 bits per heavy atom. The molecule has 0 radical (unpaired) electrons. The van der Waals surface area contributed by atoms with Crippen molar-refractivity contribution in [3.63, 3.8) is 0 Å². The molecular formula is C9H12N2O5. The summed E-state index contributed by atoms with van der Waals surface area (Å²) in [5.41, 5.74) is 8.06. The molecule has 0 spiro atoms. The van der Waals surface area contributed by atoms with Crippen molar-refractivity contribution in [3.8, 4) is 0 Å². The molecule has 88 valence electrons. The van der Waals surface area contributed by atoms with Gasteiger partial charge in [-0.05, 0) is 0 Å². The number of carbonyl (C=O) groups is 3. The highest BCUT2D eigenvalue weighted by Crippen LogP contribution is 2.06. The lowest BCUT2D eigenvalue weighted by molar-refractivity contribution is -0.157. The molecule has 7 heteroatoms. The van der Waals surface area contributed by atoms with Crippen molar-refractivity contribution in [3.05, 3.63) is 5.53 Å². The third kappa shape index (κ3) is 2.99. The number of carbonyl (C=O) groups excluding carboxylic acids is 3. The SMILES string of the molecule is CCC(=O)C(=[N+]=[N-])C(C(=O)OC)C(=O)OC. The highest BCUT2D eigenvalue weighted by atomic mass is 16.5. The zero-order valence-electron chi connectivity index (χ0n) is 9.22. The van der Waals surface area contributed by atoms with Crippen molar-refractivity contribution in [2.75, 3.05) is 14.2 Å². The lowest BCUT2D eigenvalue weighted by Crippen LogP contribution is -2.38. The van der Waals surface area contributed by atoms with Gasteiger partial charge in [0.25, 0.3) is 5.92 Å². The number of ketones is 1. The van der Waals surface area contributed by atoms with Crippen molar-refractivity contribution in [2.45, 2.75) is 13.3 Å². The van der Waals surface area contributed by atoms with Crippen LogP contribution in [0.15, 0.2) is 0 Å². The second-order valence-electron chi connectivity index (χ2n) is 2.74. The van der Waals surface area contributed by atoms with Crippen LogP contribution < -0.4 is 0 Å². The molecule has 0 atom stereocenters. The molecule has 0 rings (SSSR count). The average molecular weight is 228 g/mol. The molecule has 0 N–H and O–H groups in total. The Balaban J connectivity index is 5.33. The summed E-state index contributed by atoms with van der Waals surface area (Å²) in [4.78, 5) is 36.5. The molecule has 0 saturated carbocycles. The standard InChI is InChI=1S/C9H12N2O5/c1-4-5(12)7(11-10)6(8(13)15-2)9(14)16-3/h6H,4H2,1-3H3. The smallest absolute Gasteiger partial charge is 0.359 e. The van der Waals surface area contributed by atoms with Gasteiger partial charge >= 0.3 is 17.7 Å². The number of ether oxygens (including phenoxy) is 2. The van der Waals surface area contributed by atoms with Crippen LogP contribution in [-0.2, 0) is 23.9 Å². The minimum Gasteiger partial charge on any atom is -0.468 e. The molecule has 0 unspecified atom stereocenters. The zero-order valence-corrected chi connectivity index (χ0v) is 9.22. The van der Waals surface area contributed by atoms with E-state index in [-0.39, 0.29) is 6.42 Å². The lowest BCUT2D eigenvalue weighted by atomic mass is 9.99. The minimum atomic E-state index is -1.65. The summed E-state index contributed by atoms with van der Waals surface area (Å²) in [5, 5.41) is 0. The Hall–Kier alpha value is -2.01. The summed E-state index contributed by atoms with van der Waals surface area (Å²) in [5.74, 6) is -4.31. The first-order valence-electron chi connectivity index (χ1n) is 4.44. The highest BCUT2D eigenvalue weighted by molar-refractivity contribution is 6.45. The van der Waals surface area contributed by atoms with Crippen LogP contribution in [0.1, 0.15) is 13.3 Å². The molecule has 0 aromatic carbocycles. The summed E-state index contributed by atoms with van der Waals surface area (Å²) in [7, 11) is 2.09. The van der Waals surface area contributed by atoms with Crippen LogP contribution in [0, 0.1) is 5.92 Å². The van der Waals surface area contributed by atoms with E-state index in [0.29, 0.717) is 0 Å². The number of nitrogens with zero attached hydrogens (tertiary/aromatic N) is 2. The molecule has 0 amide bonds. The van der Waals surface area contributed by atoms with E-state index in [1.807, 2.05) is 0 Å². The summed E-state index contributed by atoms with van der Waals surface area (Å²) < 4.78 is 8.66. The molecule has 7 nitrogen and oxygen atoms in total. The number of Topliss-reactive ketones (excluding diaryl/α,β-unsaturated/α-hetero) is 1. The van der Waals surface area contributed by atoms with Gasteiger partial charge in [0.2, 0.25) is 5.78 Å². The minimum absolute atomic E-state index is 0.0100. The molecular weight excluding hydrogens is 216 g/mol. The van der Waals surface area contributed by atoms with Crippen LogP contribution >= 0.6 is 0 Å². The predicted molar refractivity (Wildman–Crippen MR) is 51.4 cm³/mol. The van der Waals surface area contributed by atoms with Crippen molar-refractivity contribution in [1.82, 2.24) is 0 Å². The van der Waals surface area contributed by atoms with Gasteiger partial charge in [-0.15, -0.1) is 0 Å². The number of hydrogen-bond acceptors (Lipinski definition) is 5. The number of rotatable bonds is 5. The highest BCUT2D eigenvalue weighted by Gasteiger charge is 2.43. The number of methoxy groups -OCH3 is 2. The molecule has 0 fully saturated rings. The second-order valence-corrected chi connectivity index (χ2v) is 2.74. The maximum atomic E-state index is 11.3. The quantitative estimate of drug-likeness (QED) is 0.209. The van der Waals surface area contributed by atoms with Crippen LogP contribution in [0.4, 0.5) is 0 Å². The fraction of sp³-hybridized carbons (Fsp3) is 0.556. The fourth-order valence-electron chi connectivity index (χ4n) is 1.01. The zero-order chi connectivity index (χ0) is 12.7. The first kappa shape index (κ1) is 14.0. The first-order valence-corrected chi connectivity index (χ1v) is 4.44. The van der Waals surface area contributed by atoms with E-state index in [0.717, 1.165) is 14.2 Å². The fourth-order valence-corrected chi connectivity index (χ4v) is 1.01. The van der Waals surface area contributed by atoms with Gasteiger partial charge in [0.1, 0.15) is 0 Å². The van der Waals surface area contributed by atoms with Crippen molar-refractivity contribution in [2.24, 2.45) is 5.92 Å².